The second kappa shape index (κ2) is 6.60. The number of halogens is 1. The first-order valence-electron chi connectivity index (χ1n) is 6.97. The summed E-state index contributed by atoms with van der Waals surface area (Å²) in [7, 11) is 2.11. The standard InChI is InChI=1S/C15H23ClN2O/c1-4-17-11(2)14-6-5-12(9-15(14)16)18(3)13-7-8-19-10-13/h5-6,9,11,13,17H,4,7-8,10H2,1-3H3. The molecular formula is C15H23ClN2O. The molecule has 2 unspecified atom stereocenters. The first-order valence-corrected chi connectivity index (χ1v) is 7.34. The van der Waals surface area contributed by atoms with E-state index in [9.17, 15) is 0 Å². The van der Waals surface area contributed by atoms with E-state index in [1.165, 1.54) is 0 Å². The van der Waals surface area contributed by atoms with E-state index < -0.39 is 0 Å². The molecule has 0 bridgehead atoms. The molecule has 0 spiro atoms. The van der Waals surface area contributed by atoms with E-state index in [4.69, 9.17) is 16.3 Å². The van der Waals surface area contributed by atoms with Crippen LogP contribution in [0.25, 0.3) is 0 Å². The molecule has 1 aliphatic rings. The number of nitrogens with zero attached hydrogens (tertiary/aromatic N) is 1. The average molecular weight is 283 g/mol. The topological polar surface area (TPSA) is 24.5 Å². The van der Waals surface area contributed by atoms with Gasteiger partial charge in [-0.05, 0) is 37.6 Å². The molecule has 1 N–H and O–H groups in total. The van der Waals surface area contributed by atoms with Crippen molar-refractivity contribution in [1.82, 2.24) is 5.32 Å². The van der Waals surface area contributed by atoms with Gasteiger partial charge in [0.25, 0.3) is 0 Å². The first kappa shape index (κ1) is 14.6. The van der Waals surface area contributed by atoms with Gasteiger partial charge in [0.1, 0.15) is 0 Å². The van der Waals surface area contributed by atoms with Gasteiger partial charge in [0.05, 0.1) is 12.6 Å². The number of likely N-dealkylation sites (N-methyl/N-ethyl adjacent to an activating group) is 1. The summed E-state index contributed by atoms with van der Waals surface area (Å²) in [6.07, 6.45) is 1.09. The number of anilines is 1. The summed E-state index contributed by atoms with van der Waals surface area (Å²) in [5, 5.41) is 4.22. The Bertz CT molecular complexity index is 419. The second-order valence-corrected chi connectivity index (χ2v) is 5.52. The Hall–Kier alpha value is -0.770. The summed E-state index contributed by atoms with van der Waals surface area (Å²) in [6, 6.07) is 7.08. The van der Waals surface area contributed by atoms with Crippen molar-refractivity contribution in [2.24, 2.45) is 0 Å². The third-order valence-electron chi connectivity index (χ3n) is 3.82. The van der Waals surface area contributed by atoms with Crippen LogP contribution in [0.15, 0.2) is 18.2 Å². The molecule has 1 heterocycles. The Balaban J connectivity index is 2.13. The molecule has 1 saturated heterocycles. The van der Waals surface area contributed by atoms with Crippen molar-refractivity contribution in [2.75, 3.05) is 31.7 Å². The van der Waals surface area contributed by atoms with Crippen LogP contribution in [0.4, 0.5) is 5.69 Å². The van der Waals surface area contributed by atoms with Crippen molar-refractivity contribution in [1.29, 1.82) is 0 Å². The molecule has 0 aromatic heterocycles. The molecule has 19 heavy (non-hydrogen) atoms. The highest BCUT2D eigenvalue weighted by Gasteiger charge is 2.21. The van der Waals surface area contributed by atoms with Crippen LogP contribution in [-0.2, 0) is 4.74 Å². The van der Waals surface area contributed by atoms with E-state index in [0.29, 0.717) is 6.04 Å². The summed E-state index contributed by atoms with van der Waals surface area (Å²) < 4.78 is 5.44. The molecule has 3 nitrogen and oxygen atoms in total. The molecule has 1 aromatic rings. The lowest BCUT2D eigenvalue weighted by molar-refractivity contribution is 0.193. The fourth-order valence-corrected chi connectivity index (χ4v) is 2.88. The summed E-state index contributed by atoms with van der Waals surface area (Å²) in [5.74, 6) is 0. The Morgan fingerprint density at radius 3 is 2.89 bits per heavy atom. The van der Waals surface area contributed by atoms with Gasteiger partial charge in [-0.25, -0.2) is 0 Å². The smallest absolute Gasteiger partial charge is 0.0670 e. The number of hydrogen-bond acceptors (Lipinski definition) is 3. The van der Waals surface area contributed by atoms with E-state index >= 15 is 0 Å². The van der Waals surface area contributed by atoms with Crippen LogP contribution in [0.3, 0.4) is 0 Å². The van der Waals surface area contributed by atoms with Crippen LogP contribution < -0.4 is 10.2 Å². The van der Waals surface area contributed by atoms with Gasteiger partial charge in [0.15, 0.2) is 0 Å². The van der Waals surface area contributed by atoms with Crippen LogP contribution >= 0.6 is 11.6 Å². The Kier molecular flexibility index (Phi) is 5.08. The van der Waals surface area contributed by atoms with E-state index in [1.54, 1.807) is 0 Å². The molecule has 0 amide bonds. The zero-order chi connectivity index (χ0) is 13.8. The third-order valence-corrected chi connectivity index (χ3v) is 4.15. The molecule has 2 atom stereocenters. The van der Waals surface area contributed by atoms with Gasteiger partial charge >= 0.3 is 0 Å². The minimum atomic E-state index is 0.284. The minimum absolute atomic E-state index is 0.284. The lowest BCUT2D eigenvalue weighted by Crippen LogP contribution is -2.31. The summed E-state index contributed by atoms with van der Waals surface area (Å²) in [6.45, 7) is 6.85. The van der Waals surface area contributed by atoms with E-state index in [-0.39, 0.29) is 6.04 Å². The quantitative estimate of drug-likeness (QED) is 0.897. The van der Waals surface area contributed by atoms with Gasteiger partial charge in [-0.1, -0.05) is 24.6 Å². The molecular weight excluding hydrogens is 260 g/mol. The number of nitrogens with one attached hydrogen (secondary N) is 1. The fourth-order valence-electron chi connectivity index (χ4n) is 2.54. The van der Waals surface area contributed by atoms with Crippen LogP contribution in [0.1, 0.15) is 31.9 Å². The van der Waals surface area contributed by atoms with E-state index in [2.05, 4.69) is 49.3 Å². The largest absolute Gasteiger partial charge is 0.379 e. The number of benzene rings is 1. The van der Waals surface area contributed by atoms with Gasteiger partial charge in [0, 0.05) is 30.4 Å². The van der Waals surface area contributed by atoms with Gasteiger partial charge in [0.2, 0.25) is 0 Å². The molecule has 106 valence electrons. The average Bonchev–Trinajstić information content (AvgIpc) is 2.91. The van der Waals surface area contributed by atoms with Crippen molar-refractivity contribution in [3.8, 4) is 0 Å². The fraction of sp³-hybridized carbons (Fsp3) is 0.600. The zero-order valence-electron chi connectivity index (χ0n) is 11.9. The van der Waals surface area contributed by atoms with Crippen LogP contribution in [0.5, 0.6) is 0 Å². The summed E-state index contributed by atoms with van der Waals surface area (Å²) >= 11 is 6.41. The van der Waals surface area contributed by atoms with E-state index in [0.717, 1.165) is 42.5 Å². The second-order valence-electron chi connectivity index (χ2n) is 5.11. The number of ether oxygens (including phenoxy) is 1. The summed E-state index contributed by atoms with van der Waals surface area (Å²) in [4.78, 5) is 2.26. The Labute approximate surface area is 120 Å². The molecule has 0 radical (unpaired) electrons. The van der Waals surface area contributed by atoms with Gasteiger partial charge in [-0.3, -0.25) is 0 Å². The normalized spacial score (nSPS) is 20.5. The first-order chi connectivity index (χ1) is 9.13. The van der Waals surface area contributed by atoms with E-state index in [1.807, 2.05) is 0 Å². The van der Waals surface area contributed by atoms with Crippen molar-refractivity contribution in [3.05, 3.63) is 28.8 Å². The van der Waals surface area contributed by atoms with Gasteiger partial charge in [-0.2, -0.15) is 0 Å². The van der Waals surface area contributed by atoms with Gasteiger partial charge < -0.3 is 15.0 Å². The van der Waals surface area contributed by atoms with Crippen molar-refractivity contribution in [3.63, 3.8) is 0 Å². The zero-order valence-corrected chi connectivity index (χ0v) is 12.7. The maximum atomic E-state index is 6.41. The molecule has 1 fully saturated rings. The third kappa shape index (κ3) is 3.41. The molecule has 0 saturated carbocycles. The van der Waals surface area contributed by atoms with Crippen molar-refractivity contribution >= 4 is 17.3 Å². The lowest BCUT2D eigenvalue weighted by atomic mass is 10.1. The molecule has 0 aliphatic carbocycles. The lowest BCUT2D eigenvalue weighted by Gasteiger charge is -2.26. The SMILES string of the molecule is CCNC(C)c1ccc(N(C)C2CCOC2)cc1Cl. The molecule has 2 rings (SSSR count). The highest BCUT2D eigenvalue weighted by molar-refractivity contribution is 6.31. The Morgan fingerprint density at radius 1 is 1.53 bits per heavy atom. The van der Waals surface area contributed by atoms with Crippen LogP contribution in [-0.4, -0.2) is 32.8 Å². The van der Waals surface area contributed by atoms with Crippen molar-refractivity contribution in [2.45, 2.75) is 32.4 Å². The highest BCUT2D eigenvalue weighted by atomic mass is 35.5. The predicted octanol–water partition coefficient (Wildman–Crippen LogP) is 3.24. The molecule has 1 aromatic carbocycles. The maximum Gasteiger partial charge on any atom is 0.0670 e. The molecule has 4 heteroatoms. The minimum Gasteiger partial charge on any atom is -0.379 e. The number of hydrogen-bond donors (Lipinski definition) is 1. The van der Waals surface area contributed by atoms with Crippen LogP contribution in [0.2, 0.25) is 5.02 Å². The number of rotatable bonds is 5. The van der Waals surface area contributed by atoms with Gasteiger partial charge in [-0.15, -0.1) is 0 Å². The predicted molar refractivity (Wildman–Crippen MR) is 81.2 cm³/mol. The van der Waals surface area contributed by atoms with Crippen molar-refractivity contribution < 1.29 is 4.74 Å². The molecule has 1 aliphatic heterocycles. The van der Waals surface area contributed by atoms with Crippen LogP contribution in [0, 0.1) is 0 Å². The monoisotopic (exact) mass is 282 g/mol. The maximum absolute atomic E-state index is 6.41. The Morgan fingerprint density at radius 2 is 2.32 bits per heavy atom. The highest BCUT2D eigenvalue weighted by Crippen LogP contribution is 2.29. The summed E-state index contributed by atoms with van der Waals surface area (Å²) in [5.41, 5.74) is 2.32.